The van der Waals surface area contributed by atoms with Crippen molar-refractivity contribution in [1.82, 2.24) is 14.8 Å². The van der Waals surface area contributed by atoms with Gasteiger partial charge in [0.15, 0.2) is 5.69 Å². The first-order valence-corrected chi connectivity index (χ1v) is 8.19. The minimum atomic E-state index is -0.730. The Balaban J connectivity index is 2.17. The number of methoxy groups -OCH3 is 2. The maximum atomic E-state index is 12.4. The third-order valence-corrected chi connectivity index (χ3v) is 4.32. The number of esters is 2. The topological polar surface area (TPSA) is 82.8 Å². The molecule has 0 aliphatic heterocycles. The van der Waals surface area contributed by atoms with Gasteiger partial charge >= 0.3 is 11.9 Å². The first kappa shape index (κ1) is 16.7. The fourth-order valence-electron chi connectivity index (χ4n) is 3.11. The number of nitrogens with zero attached hydrogens (tertiary/aromatic N) is 3. The second kappa shape index (κ2) is 6.53. The van der Waals surface area contributed by atoms with Crippen molar-refractivity contribution in [3.8, 4) is 11.3 Å². The second-order valence-corrected chi connectivity index (χ2v) is 5.81. The summed E-state index contributed by atoms with van der Waals surface area (Å²) in [5.41, 5.74) is 1.89. The number of hydrogen-bond acceptors (Lipinski definition) is 6. The molecule has 0 N–H and O–H groups in total. The number of aromatic nitrogens is 3. The minimum absolute atomic E-state index is 0.0349. The van der Waals surface area contributed by atoms with Crippen molar-refractivity contribution in [1.29, 1.82) is 0 Å². The molecule has 4 aromatic rings. The molecule has 0 saturated carbocycles. The van der Waals surface area contributed by atoms with E-state index in [4.69, 9.17) is 9.47 Å². The fraction of sp³-hybridized carbons (Fsp3) is 0.100. The van der Waals surface area contributed by atoms with Crippen LogP contribution in [0.1, 0.15) is 20.8 Å². The van der Waals surface area contributed by atoms with Gasteiger partial charge in [-0.15, -0.1) is 14.8 Å². The molecule has 2 aromatic heterocycles. The number of rotatable bonds is 3. The van der Waals surface area contributed by atoms with E-state index in [2.05, 4.69) is 10.2 Å². The summed E-state index contributed by atoms with van der Waals surface area (Å²) in [4.78, 5) is 24.6. The Hall–Kier alpha value is -3.74. The van der Waals surface area contributed by atoms with Crippen molar-refractivity contribution < 1.29 is 19.1 Å². The SMILES string of the molecule is COC(=O)c1nn2nc(-c3ccccc3)c3ccccc3c2c1C(=O)OC. The molecule has 0 bridgehead atoms. The van der Waals surface area contributed by atoms with Crippen LogP contribution in [-0.2, 0) is 9.47 Å². The fourth-order valence-corrected chi connectivity index (χ4v) is 3.11. The number of carbonyl (C=O) groups excluding carboxylic acids is 2. The van der Waals surface area contributed by atoms with E-state index in [0.29, 0.717) is 11.2 Å². The quantitative estimate of drug-likeness (QED) is 0.522. The zero-order valence-corrected chi connectivity index (χ0v) is 14.7. The standard InChI is InChI=1S/C20H15N3O4/c1-26-19(24)15-17(20(25)27-2)22-23-18(15)14-11-7-6-10-13(14)16(21-23)12-8-4-3-5-9-12/h3-11H,1-2H3. The van der Waals surface area contributed by atoms with Crippen LogP contribution in [0.4, 0.5) is 0 Å². The van der Waals surface area contributed by atoms with Gasteiger partial charge in [-0.25, -0.2) is 9.59 Å². The highest BCUT2D eigenvalue weighted by atomic mass is 16.5. The molecule has 2 heterocycles. The monoisotopic (exact) mass is 361 g/mol. The van der Waals surface area contributed by atoms with Crippen LogP contribution in [0.15, 0.2) is 54.6 Å². The van der Waals surface area contributed by atoms with Gasteiger partial charge in [0.2, 0.25) is 0 Å². The Bertz CT molecular complexity index is 1180. The average molecular weight is 361 g/mol. The predicted octanol–water partition coefficient (Wildman–Crippen LogP) is 3.12. The summed E-state index contributed by atoms with van der Waals surface area (Å²) in [6.07, 6.45) is 0. The lowest BCUT2D eigenvalue weighted by atomic mass is 10.0. The van der Waals surface area contributed by atoms with Crippen LogP contribution in [0, 0.1) is 0 Å². The van der Waals surface area contributed by atoms with Gasteiger partial charge in [-0.05, 0) is 0 Å². The molecule has 7 nitrogen and oxygen atoms in total. The summed E-state index contributed by atoms with van der Waals surface area (Å²) >= 11 is 0. The van der Waals surface area contributed by atoms with Crippen LogP contribution < -0.4 is 0 Å². The Morgan fingerprint density at radius 1 is 0.815 bits per heavy atom. The highest BCUT2D eigenvalue weighted by Gasteiger charge is 2.28. The summed E-state index contributed by atoms with van der Waals surface area (Å²) in [6.45, 7) is 0. The number of benzene rings is 2. The third kappa shape index (κ3) is 2.60. The van der Waals surface area contributed by atoms with Crippen molar-refractivity contribution in [2.45, 2.75) is 0 Å². The molecule has 0 amide bonds. The first-order valence-electron chi connectivity index (χ1n) is 8.19. The first-order chi connectivity index (χ1) is 13.2. The Morgan fingerprint density at radius 2 is 1.44 bits per heavy atom. The largest absolute Gasteiger partial charge is 0.465 e. The zero-order chi connectivity index (χ0) is 19.0. The van der Waals surface area contributed by atoms with Crippen LogP contribution in [0.3, 0.4) is 0 Å². The van der Waals surface area contributed by atoms with E-state index in [0.717, 1.165) is 16.3 Å². The maximum Gasteiger partial charge on any atom is 0.359 e. The van der Waals surface area contributed by atoms with Crippen molar-refractivity contribution in [2.75, 3.05) is 14.2 Å². The molecular formula is C20H15N3O4. The lowest BCUT2D eigenvalue weighted by Gasteiger charge is -2.08. The van der Waals surface area contributed by atoms with Gasteiger partial charge in [-0.2, -0.15) is 0 Å². The molecule has 0 saturated heterocycles. The van der Waals surface area contributed by atoms with Crippen LogP contribution in [0.5, 0.6) is 0 Å². The molecule has 0 aliphatic rings. The second-order valence-electron chi connectivity index (χ2n) is 5.81. The van der Waals surface area contributed by atoms with Crippen molar-refractivity contribution in [3.63, 3.8) is 0 Å². The highest BCUT2D eigenvalue weighted by Crippen LogP contribution is 2.32. The molecule has 2 aromatic carbocycles. The maximum absolute atomic E-state index is 12.4. The molecule has 0 atom stereocenters. The smallest absolute Gasteiger partial charge is 0.359 e. The predicted molar refractivity (Wildman–Crippen MR) is 98.6 cm³/mol. The summed E-state index contributed by atoms with van der Waals surface area (Å²) in [6, 6.07) is 17.1. The van der Waals surface area contributed by atoms with Gasteiger partial charge in [-0.3, -0.25) is 0 Å². The number of hydrogen-bond donors (Lipinski definition) is 0. The van der Waals surface area contributed by atoms with Gasteiger partial charge in [0, 0.05) is 16.3 Å². The van der Waals surface area contributed by atoms with E-state index < -0.39 is 11.9 Å². The van der Waals surface area contributed by atoms with Crippen LogP contribution in [0.25, 0.3) is 27.5 Å². The Morgan fingerprint density at radius 3 is 2.11 bits per heavy atom. The Labute approximate surface area is 154 Å². The van der Waals surface area contributed by atoms with E-state index in [9.17, 15) is 9.59 Å². The molecule has 0 aliphatic carbocycles. The molecule has 0 spiro atoms. The molecule has 0 unspecified atom stereocenters. The van der Waals surface area contributed by atoms with Gasteiger partial charge in [0.25, 0.3) is 0 Å². The van der Waals surface area contributed by atoms with E-state index in [1.165, 1.54) is 18.8 Å². The normalized spacial score (nSPS) is 10.9. The van der Waals surface area contributed by atoms with E-state index in [-0.39, 0.29) is 11.3 Å². The van der Waals surface area contributed by atoms with Gasteiger partial charge in [-0.1, -0.05) is 54.6 Å². The average Bonchev–Trinajstić information content (AvgIpc) is 3.12. The van der Waals surface area contributed by atoms with Crippen molar-refractivity contribution in [2.24, 2.45) is 0 Å². The molecule has 134 valence electrons. The lowest BCUT2D eigenvalue weighted by Crippen LogP contribution is -2.10. The van der Waals surface area contributed by atoms with Gasteiger partial charge < -0.3 is 9.47 Å². The molecular weight excluding hydrogens is 346 g/mol. The summed E-state index contributed by atoms with van der Waals surface area (Å²) in [5.74, 6) is -1.41. The summed E-state index contributed by atoms with van der Waals surface area (Å²) in [7, 11) is 2.48. The van der Waals surface area contributed by atoms with Gasteiger partial charge in [0.05, 0.1) is 14.2 Å². The molecule has 7 heteroatoms. The molecule has 0 radical (unpaired) electrons. The van der Waals surface area contributed by atoms with Crippen molar-refractivity contribution >= 4 is 28.2 Å². The number of ether oxygens (including phenoxy) is 2. The third-order valence-electron chi connectivity index (χ3n) is 4.32. The van der Waals surface area contributed by atoms with E-state index in [1.807, 2.05) is 54.6 Å². The minimum Gasteiger partial charge on any atom is -0.465 e. The van der Waals surface area contributed by atoms with Crippen LogP contribution in [0.2, 0.25) is 0 Å². The van der Waals surface area contributed by atoms with Crippen molar-refractivity contribution in [3.05, 3.63) is 65.9 Å². The number of carbonyl (C=O) groups is 2. The molecule has 0 fully saturated rings. The van der Waals surface area contributed by atoms with Crippen LogP contribution >= 0.6 is 0 Å². The van der Waals surface area contributed by atoms with Crippen LogP contribution in [-0.4, -0.2) is 41.0 Å². The summed E-state index contributed by atoms with van der Waals surface area (Å²) < 4.78 is 10.9. The lowest BCUT2D eigenvalue weighted by molar-refractivity contribution is 0.0553. The summed E-state index contributed by atoms with van der Waals surface area (Å²) in [5, 5.41) is 10.4. The van der Waals surface area contributed by atoms with Gasteiger partial charge in [0.1, 0.15) is 16.8 Å². The van der Waals surface area contributed by atoms with E-state index in [1.54, 1.807) is 0 Å². The highest BCUT2D eigenvalue weighted by molar-refractivity contribution is 6.14. The molecule has 27 heavy (non-hydrogen) atoms. The Kier molecular flexibility index (Phi) is 4.04. The number of fused-ring (bicyclic) bond motifs is 3. The molecule has 4 rings (SSSR count). The zero-order valence-electron chi connectivity index (χ0n) is 14.7. The van der Waals surface area contributed by atoms with E-state index >= 15 is 0 Å².